The molecule has 2 amide bonds. The normalized spacial score (nSPS) is 11.0. The fourth-order valence-corrected chi connectivity index (χ4v) is 1.59. The first kappa shape index (κ1) is 16.8. The number of benzene rings is 1. The van der Waals surface area contributed by atoms with Crippen LogP contribution in [0.3, 0.4) is 0 Å². The van der Waals surface area contributed by atoms with Crippen molar-refractivity contribution < 1.29 is 27.9 Å². The number of aliphatic carboxylic acids is 1. The van der Waals surface area contributed by atoms with E-state index in [1.54, 1.807) is 6.92 Å². The van der Waals surface area contributed by atoms with E-state index in [1.807, 2.05) is 0 Å². The van der Waals surface area contributed by atoms with Crippen molar-refractivity contribution in [2.24, 2.45) is 0 Å². The van der Waals surface area contributed by atoms with Gasteiger partial charge in [-0.05, 0) is 24.6 Å². The van der Waals surface area contributed by atoms with Crippen molar-refractivity contribution in [1.82, 2.24) is 10.2 Å². The first-order valence-electron chi connectivity index (χ1n) is 6.14. The average Bonchev–Trinajstić information content (AvgIpc) is 2.41. The van der Waals surface area contributed by atoms with Gasteiger partial charge in [-0.2, -0.15) is 13.2 Å². The number of hydrogen-bond acceptors (Lipinski definition) is 2. The molecule has 0 atom stereocenters. The molecule has 0 aliphatic carbocycles. The van der Waals surface area contributed by atoms with Gasteiger partial charge in [-0.15, -0.1) is 0 Å². The van der Waals surface area contributed by atoms with Gasteiger partial charge in [0.2, 0.25) is 0 Å². The van der Waals surface area contributed by atoms with Crippen LogP contribution >= 0.6 is 0 Å². The minimum absolute atomic E-state index is 0.0209. The molecule has 0 aliphatic heterocycles. The van der Waals surface area contributed by atoms with Crippen molar-refractivity contribution >= 4 is 12.0 Å². The standard InChI is InChI=1S/C13H15F3N2O3/c1-2-18(8-11(19)20)12(21)17-7-9-3-5-10(6-4-9)13(14,15)16/h3-6H,2,7-8H2,1H3,(H,17,21)(H,19,20). The Morgan fingerprint density at radius 2 is 1.81 bits per heavy atom. The number of likely N-dealkylation sites (N-methyl/N-ethyl adjacent to an activating group) is 1. The highest BCUT2D eigenvalue weighted by molar-refractivity contribution is 5.80. The summed E-state index contributed by atoms with van der Waals surface area (Å²) in [5, 5.41) is 11.1. The summed E-state index contributed by atoms with van der Waals surface area (Å²) in [7, 11) is 0. The van der Waals surface area contributed by atoms with Crippen molar-refractivity contribution in [1.29, 1.82) is 0 Å². The zero-order valence-corrected chi connectivity index (χ0v) is 11.3. The van der Waals surface area contributed by atoms with Gasteiger partial charge in [-0.3, -0.25) is 4.79 Å². The lowest BCUT2D eigenvalue weighted by atomic mass is 10.1. The molecule has 116 valence electrons. The van der Waals surface area contributed by atoms with Gasteiger partial charge in [-0.25, -0.2) is 4.79 Å². The van der Waals surface area contributed by atoms with Crippen LogP contribution in [0.5, 0.6) is 0 Å². The average molecular weight is 304 g/mol. The fourth-order valence-electron chi connectivity index (χ4n) is 1.59. The van der Waals surface area contributed by atoms with Crippen LogP contribution in [0.1, 0.15) is 18.1 Å². The Morgan fingerprint density at radius 3 is 2.24 bits per heavy atom. The molecule has 0 aliphatic rings. The molecule has 0 unspecified atom stereocenters. The molecule has 0 heterocycles. The predicted octanol–water partition coefficient (Wildman–Crippen LogP) is 2.32. The van der Waals surface area contributed by atoms with Crippen LogP contribution in [0, 0.1) is 0 Å². The topological polar surface area (TPSA) is 69.6 Å². The minimum Gasteiger partial charge on any atom is -0.480 e. The van der Waals surface area contributed by atoms with Crippen molar-refractivity contribution in [3.05, 3.63) is 35.4 Å². The molecular formula is C13H15F3N2O3. The molecule has 2 N–H and O–H groups in total. The maximum Gasteiger partial charge on any atom is 0.416 e. The second-order valence-electron chi connectivity index (χ2n) is 4.26. The maximum atomic E-state index is 12.4. The molecule has 8 heteroatoms. The summed E-state index contributed by atoms with van der Waals surface area (Å²) >= 11 is 0. The quantitative estimate of drug-likeness (QED) is 0.877. The number of halogens is 3. The Hall–Kier alpha value is -2.25. The summed E-state index contributed by atoms with van der Waals surface area (Å²) < 4.78 is 37.1. The van der Waals surface area contributed by atoms with Gasteiger partial charge in [0.05, 0.1) is 5.56 Å². The van der Waals surface area contributed by atoms with Gasteiger partial charge in [-0.1, -0.05) is 12.1 Å². The van der Waals surface area contributed by atoms with Crippen molar-refractivity contribution in [3.63, 3.8) is 0 Å². The maximum absolute atomic E-state index is 12.4. The summed E-state index contributed by atoms with van der Waals surface area (Å²) in [5.41, 5.74) is -0.277. The van der Waals surface area contributed by atoms with Crippen molar-refractivity contribution in [3.8, 4) is 0 Å². The molecule has 0 saturated carbocycles. The van der Waals surface area contributed by atoms with Gasteiger partial charge in [0.25, 0.3) is 0 Å². The highest BCUT2D eigenvalue weighted by Gasteiger charge is 2.29. The third-order valence-corrected chi connectivity index (χ3v) is 2.72. The summed E-state index contributed by atoms with van der Waals surface area (Å²) in [4.78, 5) is 23.3. The van der Waals surface area contributed by atoms with E-state index < -0.39 is 30.3 Å². The van der Waals surface area contributed by atoms with E-state index in [9.17, 15) is 22.8 Å². The number of nitrogens with one attached hydrogen (secondary N) is 1. The molecule has 0 fully saturated rings. The molecular weight excluding hydrogens is 289 g/mol. The van der Waals surface area contributed by atoms with Crippen LogP contribution in [0.15, 0.2) is 24.3 Å². The zero-order valence-electron chi connectivity index (χ0n) is 11.3. The van der Waals surface area contributed by atoms with Crippen LogP contribution in [-0.4, -0.2) is 35.1 Å². The fraction of sp³-hybridized carbons (Fsp3) is 0.385. The molecule has 1 aromatic carbocycles. The summed E-state index contributed by atoms with van der Waals surface area (Å²) in [5.74, 6) is -1.14. The zero-order chi connectivity index (χ0) is 16.0. The van der Waals surface area contributed by atoms with Gasteiger partial charge >= 0.3 is 18.2 Å². The van der Waals surface area contributed by atoms with E-state index in [-0.39, 0.29) is 13.1 Å². The van der Waals surface area contributed by atoms with E-state index >= 15 is 0 Å². The van der Waals surface area contributed by atoms with Crippen molar-refractivity contribution in [2.45, 2.75) is 19.6 Å². The Morgan fingerprint density at radius 1 is 1.24 bits per heavy atom. The Labute approximate surface area is 119 Å². The van der Waals surface area contributed by atoms with E-state index in [2.05, 4.69) is 5.32 Å². The summed E-state index contributed by atoms with van der Waals surface area (Å²) in [6, 6.07) is 3.79. The molecule has 0 spiro atoms. The smallest absolute Gasteiger partial charge is 0.416 e. The molecule has 1 aromatic rings. The minimum atomic E-state index is -4.40. The summed E-state index contributed by atoms with van der Waals surface area (Å²) in [6.07, 6.45) is -4.40. The van der Waals surface area contributed by atoms with Crippen LogP contribution in [0.4, 0.5) is 18.0 Å². The van der Waals surface area contributed by atoms with E-state index in [0.717, 1.165) is 17.0 Å². The Kier molecular flexibility index (Phi) is 5.57. The molecule has 0 bridgehead atoms. The number of alkyl halides is 3. The van der Waals surface area contributed by atoms with E-state index in [1.165, 1.54) is 12.1 Å². The number of urea groups is 1. The second kappa shape index (κ2) is 6.96. The highest BCUT2D eigenvalue weighted by Crippen LogP contribution is 2.28. The highest BCUT2D eigenvalue weighted by atomic mass is 19.4. The number of amides is 2. The number of rotatable bonds is 5. The molecule has 21 heavy (non-hydrogen) atoms. The third-order valence-electron chi connectivity index (χ3n) is 2.72. The summed E-state index contributed by atoms with van der Waals surface area (Å²) in [6.45, 7) is 1.42. The predicted molar refractivity (Wildman–Crippen MR) is 68.6 cm³/mol. The molecule has 0 aromatic heterocycles. The second-order valence-corrected chi connectivity index (χ2v) is 4.26. The van der Waals surface area contributed by atoms with Crippen LogP contribution in [0.25, 0.3) is 0 Å². The number of carboxylic acids is 1. The van der Waals surface area contributed by atoms with Crippen LogP contribution < -0.4 is 5.32 Å². The first-order valence-corrected chi connectivity index (χ1v) is 6.14. The van der Waals surface area contributed by atoms with Gasteiger partial charge in [0.1, 0.15) is 6.54 Å². The lowest BCUT2D eigenvalue weighted by molar-refractivity contribution is -0.138. The number of nitrogens with zero attached hydrogens (tertiary/aromatic N) is 1. The largest absolute Gasteiger partial charge is 0.480 e. The van der Waals surface area contributed by atoms with E-state index in [4.69, 9.17) is 5.11 Å². The molecule has 5 nitrogen and oxygen atoms in total. The van der Waals surface area contributed by atoms with Crippen LogP contribution in [0.2, 0.25) is 0 Å². The molecule has 1 rings (SSSR count). The lowest BCUT2D eigenvalue weighted by Crippen LogP contribution is -2.42. The Balaban J connectivity index is 2.58. The van der Waals surface area contributed by atoms with Crippen LogP contribution in [-0.2, 0) is 17.5 Å². The molecule has 0 saturated heterocycles. The first-order chi connectivity index (χ1) is 9.74. The third kappa shape index (κ3) is 5.33. The SMILES string of the molecule is CCN(CC(=O)O)C(=O)NCc1ccc(C(F)(F)F)cc1. The molecule has 0 radical (unpaired) electrons. The monoisotopic (exact) mass is 304 g/mol. The number of carbonyl (C=O) groups excluding carboxylic acids is 1. The van der Waals surface area contributed by atoms with Gasteiger partial charge in [0, 0.05) is 13.1 Å². The number of carbonyl (C=O) groups is 2. The lowest BCUT2D eigenvalue weighted by Gasteiger charge is -2.19. The van der Waals surface area contributed by atoms with Gasteiger partial charge in [0.15, 0.2) is 0 Å². The Bertz CT molecular complexity index is 500. The number of hydrogen-bond donors (Lipinski definition) is 2. The van der Waals surface area contributed by atoms with E-state index in [0.29, 0.717) is 5.56 Å². The van der Waals surface area contributed by atoms with Crippen molar-refractivity contribution in [2.75, 3.05) is 13.1 Å². The van der Waals surface area contributed by atoms with Gasteiger partial charge < -0.3 is 15.3 Å². The number of carboxylic acid groups (broad SMARTS) is 1.